The molecule has 4 aromatic rings. The summed E-state index contributed by atoms with van der Waals surface area (Å²) in [6.45, 7) is 2.82. The van der Waals surface area contributed by atoms with Gasteiger partial charge in [0.1, 0.15) is 17.1 Å². The number of nitrogens with one attached hydrogen (secondary N) is 2. The number of hydrogen-bond acceptors (Lipinski definition) is 5. The fraction of sp³-hybridized carbons (Fsp3) is 0.219. The number of aromatic carboxylic acids is 1. The summed E-state index contributed by atoms with van der Waals surface area (Å²) in [7, 11) is 0. The number of aromatic hydroxyl groups is 2. The van der Waals surface area contributed by atoms with Crippen molar-refractivity contribution in [2.45, 2.75) is 32.1 Å². The topological polar surface area (TPSA) is 102 Å². The summed E-state index contributed by atoms with van der Waals surface area (Å²) in [6.07, 6.45) is -7.55. The lowest BCUT2D eigenvalue weighted by Gasteiger charge is -2.10. The molecule has 4 aromatic carbocycles. The summed E-state index contributed by atoms with van der Waals surface area (Å²) >= 11 is 0. The van der Waals surface area contributed by atoms with Gasteiger partial charge in [-0.2, -0.15) is 26.3 Å². The molecular formula is C32H30F6N2O4. The Morgan fingerprint density at radius 1 is 0.636 bits per heavy atom. The Kier molecular flexibility index (Phi) is 11.1. The number of alkyl halides is 6. The molecule has 0 aliphatic rings. The van der Waals surface area contributed by atoms with Gasteiger partial charge in [-0.3, -0.25) is 0 Å². The van der Waals surface area contributed by atoms with Crippen molar-refractivity contribution in [1.29, 1.82) is 0 Å². The highest BCUT2D eigenvalue weighted by atomic mass is 19.4. The molecule has 0 radical (unpaired) electrons. The highest BCUT2D eigenvalue weighted by Crippen LogP contribution is 2.30. The molecule has 0 heterocycles. The Bertz CT molecular complexity index is 1540. The van der Waals surface area contributed by atoms with Crippen LogP contribution < -0.4 is 10.6 Å². The quantitative estimate of drug-likeness (QED) is 0.0957. The first kappa shape index (κ1) is 33.6. The molecule has 0 saturated carbocycles. The Balaban J connectivity index is 0.000000241. The van der Waals surface area contributed by atoms with Crippen molar-refractivity contribution in [3.63, 3.8) is 0 Å². The minimum Gasteiger partial charge on any atom is -0.508 e. The van der Waals surface area contributed by atoms with E-state index in [2.05, 4.69) is 10.6 Å². The fourth-order valence-corrected chi connectivity index (χ4v) is 4.01. The lowest BCUT2D eigenvalue weighted by atomic mass is 10.1. The van der Waals surface area contributed by atoms with Crippen LogP contribution in [0.5, 0.6) is 11.5 Å². The minimum atomic E-state index is -4.35. The van der Waals surface area contributed by atoms with Gasteiger partial charge in [0.25, 0.3) is 0 Å². The van der Waals surface area contributed by atoms with E-state index in [0.717, 1.165) is 46.6 Å². The van der Waals surface area contributed by atoms with E-state index in [0.29, 0.717) is 31.6 Å². The van der Waals surface area contributed by atoms with Crippen molar-refractivity contribution in [3.05, 3.63) is 118 Å². The van der Waals surface area contributed by atoms with Crippen LogP contribution in [0.15, 0.2) is 84.9 Å². The second-order valence-corrected chi connectivity index (χ2v) is 9.78. The Morgan fingerprint density at radius 3 is 1.43 bits per heavy atom. The minimum absolute atomic E-state index is 0.218. The van der Waals surface area contributed by atoms with Crippen molar-refractivity contribution in [2.75, 3.05) is 23.7 Å². The third kappa shape index (κ3) is 10.1. The molecule has 6 nitrogen and oxygen atoms in total. The summed E-state index contributed by atoms with van der Waals surface area (Å²) in [5.41, 5.74) is 2.17. The van der Waals surface area contributed by atoms with E-state index >= 15 is 0 Å². The molecule has 0 aromatic heterocycles. The van der Waals surface area contributed by atoms with Gasteiger partial charge in [0, 0.05) is 24.5 Å². The molecule has 44 heavy (non-hydrogen) atoms. The summed E-state index contributed by atoms with van der Waals surface area (Å²) in [6, 6.07) is 19.3. The molecule has 4 rings (SSSR count). The standard InChI is InChI=1S/C16H14F3NO3.C16H16F3NO/c17-16(18,19)11-3-1-10(2-4-11)7-8-20-12-5-6-14(21)13(9-12)15(22)23;1-11-10-14(6-7-15(11)21)20-9-8-12-2-4-13(5-3-12)16(17,18)19/h1-6,9,20-21H,7-8H2,(H,22,23);2-7,10,20-21H,8-9H2,1H3. The van der Waals surface area contributed by atoms with Gasteiger partial charge in [-0.1, -0.05) is 24.3 Å². The first-order chi connectivity index (χ1) is 20.6. The van der Waals surface area contributed by atoms with Crippen molar-refractivity contribution in [3.8, 4) is 11.5 Å². The predicted octanol–water partition coefficient (Wildman–Crippen LogP) is 8.14. The van der Waals surface area contributed by atoms with Gasteiger partial charge in [-0.05, 0) is 97.1 Å². The van der Waals surface area contributed by atoms with E-state index in [-0.39, 0.29) is 17.1 Å². The summed E-state index contributed by atoms with van der Waals surface area (Å²) < 4.78 is 74.6. The van der Waals surface area contributed by atoms with E-state index in [1.807, 2.05) is 6.07 Å². The number of benzene rings is 4. The Morgan fingerprint density at radius 2 is 1.05 bits per heavy atom. The summed E-state index contributed by atoms with van der Waals surface area (Å²) in [5, 5.41) is 33.9. The number of halogens is 6. The molecule has 0 aliphatic heterocycles. The average Bonchev–Trinajstić information content (AvgIpc) is 2.96. The van der Waals surface area contributed by atoms with Crippen LogP contribution in [0.2, 0.25) is 0 Å². The van der Waals surface area contributed by atoms with Crippen LogP contribution in [-0.2, 0) is 25.2 Å². The number of rotatable bonds is 9. The van der Waals surface area contributed by atoms with Gasteiger partial charge in [0.2, 0.25) is 0 Å². The lowest BCUT2D eigenvalue weighted by Crippen LogP contribution is -2.07. The van der Waals surface area contributed by atoms with Crippen LogP contribution in [0, 0.1) is 6.92 Å². The number of anilines is 2. The van der Waals surface area contributed by atoms with Gasteiger partial charge in [0.15, 0.2) is 0 Å². The van der Waals surface area contributed by atoms with E-state index < -0.39 is 29.4 Å². The van der Waals surface area contributed by atoms with Crippen LogP contribution in [0.25, 0.3) is 0 Å². The SMILES string of the molecule is Cc1cc(NCCc2ccc(C(F)(F)F)cc2)ccc1O.O=C(O)c1cc(NCCc2ccc(C(F)(F)F)cc2)ccc1O. The molecule has 12 heteroatoms. The smallest absolute Gasteiger partial charge is 0.416 e. The normalized spacial score (nSPS) is 11.3. The van der Waals surface area contributed by atoms with Crippen molar-refractivity contribution < 1.29 is 46.5 Å². The van der Waals surface area contributed by atoms with E-state index in [9.17, 15) is 41.4 Å². The zero-order chi connectivity index (χ0) is 32.5. The second-order valence-electron chi connectivity index (χ2n) is 9.78. The van der Waals surface area contributed by atoms with Crippen molar-refractivity contribution >= 4 is 17.3 Å². The largest absolute Gasteiger partial charge is 0.508 e. The number of carboxylic acid groups (broad SMARTS) is 1. The number of carboxylic acids is 1. The van der Waals surface area contributed by atoms with Crippen LogP contribution in [0.3, 0.4) is 0 Å². The van der Waals surface area contributed by atoms with Crippen molar-refractivity contribution in [1.82, 2.24) is 0 Å². The van der Waals surface area contributed by atoms with Crippen LogP contribution in [0.1, 0.15) is 38.2 Å². The first-order valence-electron chi connectivity index (χ1n) is 13.3. The molecule has 0 unspecified atom stereocenters. The monoisotopic (exact) mass is 620 g/mol. The van der Waals surface area contributed by atoms with Gasteiger partial charge >= 0.3 is 18.3 Å². The molecule has 0 atom stereocenters. The number of phenols is 2. The van der Waals surface area contributed by atoms with Crippen LogP contribution >= 0.6 is 0 Å². The molecular weight excluding hydrogens is 590 g/mol. The zero-order valence-corrected chi connectivity index (χ0v) is 23.4. The predicted molar refractivity (Wildman–Crippen MR) is 155 cm³/mol. The third-order valence-corrected chi connectivity index (χ3v) is 6.47. The Labute approximate surface area is 249 Å². The number of aryl methyl sites for hydroxylation is 1. The molecule has 0 fully saturated rings. The van der Waals surface area contributed by atoms with E-state index in [1.54, 1.807) is 19.1 Å². The van der Waals surface area contributed by atoms with Crippen molar-refractivity contribution in [2.24, 2.45) is 0 Å². The highest BCUT2D eigenvalue weighted by Gasteiger charge is 2.30. The lowest BCUT2D eigenvalue weighted by molar-refractivity contribution is -0.138. The third-order valence-electron chi connectivity index (χ3n) is 6.47. The zero-order valence-electron chi connectivity index (χ0n) is 23.4. The summed E-state index contributed by atoms with van der Waals surface area (Å²) in [4.78, 5) is 10.9. The van der Waals surface area contributed by atoms with Crippen LogP contribution in [-0.4, -0.2) is 34.4 Å². The molecule has 0 saturated heterocycles. The molecule has 5 N–H and O–H groups in total. The van der Waals surface area contributed by atoms with E-state index in [4.69, 9.17) is 5.11 Å². The highest BCUT2D eigenvalue weighted by molar-refractivity contribution is 5.92. The number of phenolic OH excluding ortho intramolecular Hbond substituents is 1. The number of hydrogen-bond donors (Lipinski definition) is 5. The molecule has 0 bridgehead atoms. The number of carbonyl (C=O) groups is 1. The van der Waals surface area contributed by atoms with Gasteiger partial charge in [0.05, 0.1) is 11.1 Å². The van der Waals surface area contributed by atoms with Crippen LogP contribution in [0.4, 0.5) is 37.7 Å². The maximum atomic E-state index is 12.4. The van der Waals surface area contributed by atoms with Gasteiger partial charge < -0.3 is 26.0 Å². The van der Waals surface area contributed by atoms with Gasteiger partial charge in [-0.15, -0.1) is 0 Å². The maximum absolute atomic E-state index is 12.4. The average molecular weight is 621 g/mol. The molecule has 234 valence electrons. The second kappa shape index (κ2) is 14.5. The summed E-state index contributed by atoms with van der Waals surface area (Å²) in [5.74, 6) is -1.33. The fourth-order valence-electron chi connectivity index (χ4n) is 4.01. The first-order valence-corrected chi connectivity index (χ1v) is 13.3. The maximum Gasteiger partial charge on any atom is 0.416 e. The van der Waals surface area contributed by atoms with E-state index in [1.165, 1.54) is 42.5 Å². The molecule has 0 amide bonds. The Hall–Kier alpha value is -4.87. The molecule has 0 spiro atoms. The molecule has 0 aliphatic carbocycles. The van der Waals surface area contributed by atoms with Gasteiger partial charge in [-0.25, -0.2) is 4.79 Å².